The van der Waals surface area contributed by atoms with Crippen molar-refractivity contribution in [3.63, 3.8) is 0 Å². The van der Waals surface area contributed by atoms with Crippen LogP contribution < -0.4 is 0 Å². The van der Waals surface area contributed by atoms with Crippen molar-refractivity contribution in [2.75, 3.05) is 0 Å². The smallest absolute Gasteiger partial charge is 0.246 e. The van der Waals surface area contributed by atoms with Gasteiger partial charge in [-0.15, -0.1) is 0 Å². The van der Waals surface area contributed by atoms with Crippen LogP contribution in [0.2, 0.25) is 0 Å². The van der Waals surface area contributed by atoms with Crippen molar-refractivity contribution in [3.8, 4) is 22.3 Å². The Morgan fingerprint density at radius 1 is 0.516 bits per heavy atom. The molecule has 0 aliphatic heterocycles. The lowest BCUT2D eigenvalue weighted by Crippen LogP contribution is -2.06. The van der Waals surface area contributed by atoms with Crippen LogP contribution in [0.3, 0.4) is 0 Å². The highest BCUT2D eigenvalue weighted by Crippen LogP contribution is 2.37. The van der Waals surface area contributed by atoms with Gasteiger partial charge in [0, 0.05) is 0 Å². The molecule has 0 spiro atoms. The minimum absolute atomic E-state index is 0.0742. The van der Waals surface area contributed by atoms with Gasteiger partial charge in [-0.1, -0.05) is 12.1 Å². The number of rotatable bonds is 4. The molecule has 0 aliphatic carbocycles. The monoisotopic (exact) mass is 444 g/mol. The molecule has 0 atom stereocenters. The van der Waals surface area contributed by atoms with Crippen LogP contribution in [0.15, 0.2) is 54.6 Å². The SMILES string of the molecule is Cc1cc(-c2cc(CF)cc(C(F)(F)F)c2)cc(-c2cc(CF)cc(C(F)(F)F)c2)c1. The number of hydrogen-bond acceptors (Lipinski definition) is 0. The van der Waals surface area contributed by atoms with Crippen LogP contribution in [0, 0.1) is 6.92 Å². The van der Waals surface area contributed by atoms with Gasteiger partial charge in [0.25, 0.3) is 0 Å². The highest BCUT2D eigenvalue weighted by Gasteiger charge is 2.32. The number of benzene rings is 3. The molecule has 0 nitrogen and oxygen atoms in total. The number of alkyl halides is 8. The number of hydrogen-bond donors (Lipinski definition) is 0. The Balaban J connectivity index is 2.19. The maximum atomic E-state index is 13.2. The molecule has 0 aliphatic rings. The molecule has 31 heavy (non-hydrogen) atoms. The Hall–Kier alpha value is -2.90. The second kappa shape index (κ2) is 8.32. The minimum Gasteiger partial charge on any atom is -0.246 e. The van der Waals surface area contributed by atoms with Crippen molar-refractivity contribution in [2.24, 2.45) is 0 Å². The van der Waals surface area contributed by atoms with Crippen LogP contribution in [0.1, 0.15) is 27.8 Å². The fraction of sp³-hybridized carbons (Fsp3) is 0.217. The van der Waals surface area contributed by atoms with E-state index in [2.05, 4.69) is 0 Å². The Labute approximate surface area is 173 Å². The lowest BCUT2D eigenvalue weighted by molar-refractivity contribution is -0.138. The van der Waals surface area contributed by atoms with E-state index < -0.39 is 36.8 Å². The van der Waals surface area contributed by atoms with Gasteiger partial charge in [-0.3, -0.25) is 0 Å². The molecule has 8 heteroatoms. The fourth-order valence-corrected chi connectivity index (χ4v) is 3.32. The average Bonchev–Trinajstić information content (AvgIpc) is 2.71. The predicted octanol–water partition coefficient (Wildman–Crippen LogP) is 8.31. The van der Waals surface area contributed by atoms with E-state index in [0.717, 1.165) is 12.1 Å². The quantitative estimate of drug-likeness (QED) is 0.355. The van der Waals surface area contributed by atoms with Crippen molar-refractivity contribution in [1.82, 2.24) is 0 Å². The van der Waals surface area contributed by atoms with E-state index in [1.807, 2.05) is 0 Å². The first-order chi connectivity index (χ1) is 14.4. The number of aryl methyl sites for hydroxylation is 1. The summed E-state index contributed by atoms with van der Waals surface area (Å²) in [7, 11) is 0. The topological polar surface area (TPSA) is 0 Å². The first-order valence-electron chi connectivity index (χ1n) is 9.07. The summed E-state index contributed by atoms with van der Waals surface area (Å²) >= 11 is 0. The van der Waals surface area contributed by atoms with Gasteiger partial charge in [0.2, 0.25) is 0 Å². The van der Waals surface area contributed by atoms with E-state index in [4.69, 9.17) is 0 Å². The van der Waals surface area contributed by atoms with Crippen LogP contribution in [0.4, 0.5) is 35.1 Å². The van der Waals surface area contributed by atoms with Crippen LogP contribution in [-0.4, -0.2) is 0 Å². The summed E-state index contributed by atoms with van der Waals surface area (Å²) in [4.78, 5) is 0. The lowest BCUT2D eigenvalue weighted by Gasteiger charge is -2.15. The van der Waals surface area contributed by atoms with Gasteiger partial charge >= 0.3 is 12.4 Å². The Morgan fingerprint density at radius 2 is 0.871 bits per heavy atom. The second-order valence-electron chi connectivity index (χ2n) is 7.19. The molecule has 3 aromatic carbocycles. The molecule has 164 valence electrons. The third kappa shape index (κ3) is 5.24. The van der Waals surface area contributed by atoms with Gasteiger partial charge in [-0.2, -0.15) is 26.3 Å². The van der Waals surface area contributed by atoms with E-state index in [1.165, 1.54) is 18.2 Å². The molecule has 0 fully saturated rings. The zero-order chi connectivity index (χ0) is 23.0. The van der Waals surface area contributed by atoms with Gasteiger partial charge in [-0.25, -0.2) is 8.78 Å². The Bertz CT molecular complexity index is 1010. The first kappa shape index (κ1) is 22.8. The van der Waals surface area contributed by atoms with Crippen molar-refractivity contribution < 1.29 is 35.1 Å². The van der Waals surface area contributed by atoms with Gasteiger partial charge < -0.3 is 0 Å². The van der Waals surface area contributed by atoms with Crippen molar-refractivity contribution >= 4 is 0 Å². The fourth-order valence-electron chi connectivity index (χ4n) is 3.32. The molecule has 0 saturated heterocycles. The van der Waals surface area contributed by atoms with E-state index in [1.54, 1.807) is 19.1 Å². The van der Waals surface area contributed by atoms with Gasteiger partial charge in [0.15, 0.2) is 0 Å². The molecule has 0 bridgehead atoms. The van der Waals surface area contributed by atoms with E-state index in [-0.39, 0.29) is 33.4 Å². The maximum absolute atomic E-state index is 13.2. The summed E-state index contributed by atoms with van der Waals surface area (Å²) in [5.74, 6) is 0. The molecular weight excluding hydrogens is 428 g/mol. The van der Waals surface area contributed by atoms with Crippen molar-refractivity contribution in [1.29, 1.82) is 0 Å². The molecule has 0 aromatic heterocycles. The maximum Gasteiger partial charge on any atom is 0.416 e. The summed E-state index contributed by atoms with van der Waals surface area (Å²) in [6.45, 7) is -0.591. The highest BCUT2D eigenvalue weighted by atomic mass is 19.4. The Kier molecular flexibility index (Phi) is 6.11. The van der Waals surface area contributed by atoms with Crippen molar-refractivity contribution in [3.05, 3.63) is 82.4 Å². The molecule has 0 amide bonds. The molecule has 0 heterocycles. The molecule has 0 N–H and O–H groups in total. The van der Waals surface area contributed by atoms with Crippen molar-refractivity contribution in [2.45, 2.75) is 32.6 Å². The van der Waals surface area contributed by atoms with Gasteiger partial charge in [0.05, 0.1) is 11.1 Å². The third-order valence-corrected chi connectivity index (χ3v) is 4.69. The van der Waals surface area contributed by atoms with E-state index in [0.29, 0.717) is 17.7 Å². The summed E-state index contributed by atoms with van der Waals surface area (Å²) in [5, 5.41) is 0. The highest BCUT2D eigenvalue weighted by molar-refractivity contribution is 5.75. The van der Waals surface area contributed by atoms with Crippen LogP contribution in [0.5, 0.6) is 0 Å². The summed E-state index contributed by atoms with van der Waals surface area (Å²) in [6.07, 6.45) is -9.38. The summed E-state index contributed by atoms with van der Waals surface area (Å²) in [6, 6.07) is 10.1. The van der Waals surface area contributed by atoms with Gasteiger partial charge in [0.1, 0.15) is 13.3 Å². The van der Waals surface area contributed by atoms with Crippen LogP contribution in [0.25, 0.3) is 22.3 Å². The average molecular weight is 444 g/mol. The summed E-state index contributed by atoms with van der Waals surface area (Å²) in [5.41, 5.74) is -1.15. The first-order valence-corrected chi connectivity index (χ1v) is 9.07. The van der Waals surface area contributed by atoms with Crippen LogP contribution in [-0.2, 0) is 25.7 Å². The van der Waals surface area contributed by atoms with Crippen LogP contribution >= 0.6 is 0 Å². The summed E-state index contributed by atoms with van der Waals surface area (Å²) < 4.78 is 105. The van der Waals surface area contributed by atoms with Gasteiger partial charge in [-0.05, 0) is 88.3 Å². The number of halogens is 8. The van der Waals surface area contributed by atoms with E-state index >= 15 is 0 Å². The second-order valence-corrected chi connectivity index (χ2v) is 7.19. The lowest BCUT2D eigenvalue weighted by atomic mass is 9.93. The molecule has 3 aromatic rings. The molecule has 3 rings (SSSR count). The molecule has 0 unspecified atom stereocenters. The minimum atomic E-state index is -4.69. The molecular formula is C23H16F8. The molecule has 0 radical (unpaired) electrons. The largest absolute Gasteiger partial charge is 0.416 e. The normalized spacial score (nSPS) is 12.3. The molecule has 0 saturated carbocycles. The van der Waals surface area contributed by atoms with E-state index in [9.17, 15) is 35.1 Å². The standard InChI is InChI=1S/C23H16F8/c1-13-2-16(18-4-14(11-24)6-20(9-18)22(26,27)28)8-17(3-13)19-5-15(12-25)7-21(10-19)23(29,30)31/h2-10H,11-12H2,1H3. The Morgan fingerprint density at radius 3 is 1.19 bits per heavy atom. The third-order valence-electron chi connectivity index (χ3n) is 4.69. The zero-order valence-corrected chi connectivity index (χ0v) is 16.1. The predicted molar refractivity (Wildman–Crippen MR) is 102 cm³/mol. The zero-order valence-electron chi connectivity index (χ0n) is 16.1.